The molecular weight excluding hydrogens is 250 g/mol. The number of rotatable bonds is 5. The quantitative estimate of drug-likeness (QED) is 0.716. The summed E-state index contributed by atoms with van der Waals surface area (Å²) in [6.07, 6.45) is 0. The summed E-state index contributed by atoms with van der Waals surface area (Å²) in [6, 6.07) is 4.53. The summed E-state index contributed by atoms with van der Waals surface area (Å²) in [5.74, 6) is -1.42. The number of aromatic nitrogens is 1. The molecule has 7 heteroatoms. The van der Waals surface area contributed by atoms with Crippen molar-refractivity contribution in [3.8, 4) is 0 Å². The van der Waals surface area contributed by atoms with Gasteiger partial charge >= 0.3 is 11.7 Å². The summed E-state index contributed by atoms with van der Waals surface area (Å²) in [6.45, 7) is 0.305. The van der Waals surface area contributed by atoms with E-state index in [0.717, 1.165) is 5.69 Å². The maximum absolute atomic E-state index is 11.1. The van der Waals surface area contributed by atoms with E-state index in [2.05, 4.69) is 10.3 Å². The van der Waals surface area contributed by atoms with Crippen molar-refractivity contribution in [1.29, 1.82) is 0 Å². The minimum Gasteiger partial charge on any atom is -0.480 e. The largest absolute Gasteiger partial charge is 0.480 e. The van der Waals surface area contributed by atoms with Crippen LogP contribution < -0.4 is 16.0 Å². The van der Waals surface area contributed by atoms with Crippen LogP contribution in [0.25, 0.3) is 11.1 Å². The molecule has 102 valence electrons. The van der Waals surface area contributed by atoms with Gasteiger partial charge in [0.2, 0.25) is 0 Å². The highest BCUT2D eigenvalue weighted by molar-refractivity contribution is 5.78. The molecule has 0 spiro atoms. The summed E-state index contributed by atoms with van der Waals surface area (Å²) in [5.41, 5.74) is 1.86. The zero-order valence-corrected chi connectivity index (χ0v) is 10.6. The Bertz CT molecular complexity index is 646. The standard InChI is InChI=1S/C12H15N3O4/c1-13-9(11(16)17)6-15(2)7-3-4-10-8(5-7)14-12(18)19-10/h3-5,9,13H,6H2,1-2H3,(H,14,18)(H,16,17). The number of nitrogens with one attached hydrogen (secondary N) is 2. The third-order valence-corrected chi connectivity index (χ3v) is 2.95. The average molecular weight is 265 g/mol. The second kappa shape index (κ2) is 5.15. The van der Waals surface area contributed by atoms with E-state index in [1.165, 1.54) is 0 Å². The van der Waals surface area contributed by atoms with Crippen molar-refractivity contribution in [2.45, 2.75) is 6.04 Å². The fourth-order valence-corrected chi connectivity index (χ4v) is 1.85. The van der Waals surface area contributed by atoms with Crippen molar-refractivity contribution in [2.75, 3.05) is 25.5 Å². The number of anilines is 1. The number of benzene rings is 1. The summed E-state index contributed by atoms with van der Waals surface area (Å²) in [5, 5.41) is 11.7. The molecule has 2 rings (SSSR count). The van der Waals surface area contributed by atoms with Gasteiger partial charge in [0, 0.05) is 19.3 Å². The molecule has 0 aliphatic rings. The Morgan fingerprint density at radius 3 is 2.95 bits per heavy atom. The van der Waals surface area contributed by atoms with Gasteiger partial charge in [-0.05, 0) is 25.2 Å². The topological polar surface area (TPSA) is 98.6 Å². The number of oxazole rings is 1. The highest BCUT2D eigenvalue weighted by Crippen LogP contribution is 2.19. The van der Waals surface area contributed by atoms with Gasteiger partial charge in [0.05, 0.1) is 5.52 Å². The number of fused-ring (bicyclic) bond motifs is 1. The van der Waals surface area contributed by atoms with Gasteiger partial charge < -0.3 is 19.7 Å². The Kier molecular flexibility index (Phi) is 3.57. The Balaban J connectivity index is 2.23. The van der Waals surface area contributed by atoms with Crippen LogP contribution in [0.5, 0.6) is 0 Å². The van der Waals surface area contributed by atoms with Gasteiger partial charge in [-0.25, -0.2) is 4.79 Å². The highest BCUT2D eigenvalue weighted by Gasteiger charge is 2.17. The molecule has 0 saturated heterocycles. The lowest BCUT2D eigenvalue weighted by Crippen LogP contribution is -2.43. The van der Waals surface area contributed by atoms with Crippen LogP contribution in [0.1, 0.15) is 0 Å². The highest BCUT2D eigenvalue weighted by atomic mass is 16.4. The van der Waals surface area contributed by atoms with E-state index >= 15 is 0 Å². The molecule has 19 heavy (non-hydrogen) atoms. The van der Waals surface area contributed by atoms with E-state index in [1.54, 1.807) is 37.2 Å². The van der Waals surface area contributed by atoms with E-state index in [4.69, 9.17) is 9.52 Å². The van der Waals surface area contributed by atoms with E-state index in [1.807, 2.05) is 0 Å². The van der Waals surface area contributed by atoms with Crippen LogP contribution in [0, 0.1) is 0 Å². The Morgan fingerprint density at radius 2 is 2.32 bits per heavy atom. The van der Waals surface area contributed by atoms with Crippen molar-refractivity contribution in [3.05, 3.63) is 28.7 Å². The first-order chi connectivity index (χ1) is 9.01. The van der Waals surface area contributed by atoms with Gasteiger partial charge in [0.1, 0.15) is 6.04 Å². The van der Waals surface area contributed by atoms with Crippen LogP contribution in [-0.4, -0.2) is 42.7 Å². The van der Waals surface area contributed by atoms with Crippen molar-refractivity contribution < 1.29 is 14.3 Å². The monoisotopic (exact) mass is 265 g/mol. The summed E-state index contributed by atoms with van der Waals surface area (Å²) in [7, 11) is 3.38. The van der Waals surface area contributed by atoms with Crippen LogP contribution >= 0.6 is 0 Å². The molecule has 0 aliphatic heterocycles. The first kappa shape index (κ1) is 13.2. The van der Waals surface area contributed by atoms with Crippen LogP contribution in [0.15, 0.2) is 27.4 Å². The van der Waals surface area contributed by atoms with Gasteiger partial charge in [-0.1, -0.05) is 0 Å². The number of hydrogen-bond donors (Lipinski definition) is 3. The van der Waals surface area contributed by atoms with E-state index in [9.17, 15) is 9.59 Å². The predicted molar refractivity (Wildman–Crippen MR) is 70.6 cm³/mol. The van der Waals surface area contributed by atoms with Gasteiger partial charge in [-0.3, -0.25) is 9.78 Å². The van der Waals surface area contributed by atoms with Crippen LogP contribution in [0.3, 0.4) is 0 Å². The molecule has 1 aromatic heterocycles. The van der Waals surface area contributed by atoms with E-state index in [0.29, 0.717) is 17.6 Å². The lowest BCUT2D eigenvalue weighted by molar-refractivity contribution is -0.139. The predicted octanol–water partition coefficient (Wildman–Crippen LogP) is 0.230. The van der Waals surface area contributed by atoms with Gasteiger partial charge in [-0.2, -0.15) is 0 Å². The lowest BCUT2D eigenvalue weighted by atomic mass is 10.2. The summed E-state index contributed by atoms with van der Waals surface area (Å²) >= 11 is 0. The third kappa shape index (κ3) is 2.76. The van der Waals surface area contributed by atoms with Crippen molar-refractivity contribution in [1.82, 2.24) is 10.3 Å². The molecule has 0 fully saturated rings. The van der Waals surface area contributed by atoms with Gasteiger partial charge in [0.25, 0.3) is 0 Å². The maximum Gasteiger partial charge on any atom is 0.417 e. The molecule has 1 unspecified atom stereocenters. The smallest absolute Gasteiger partial charge is 0.417 e. The second-order valence-electron chi connectivity index (χ2n) is 4.26. The average Bonchev–Trinajstić information content (AvgIpc) is 2.74. The lowest BCUT2D eigenvalue weighted by Gasteiger charge is -2.23. The molecular formula is C12H15N3O4. The molecule has 0 bridgehead atoms. The molecule has 1 atom stereocenters. The number of nitrogens with zero attached hydrogens (tertiary/aromatic N) is 1. The molecule has 0 radical (unpaired) electrons. The Morgan fingerprint density at radius 1 is 1.58 bits per heavy atom. The first-order valence-corrected chi connectivity index (χ1v) is 5.75. The molecule has 0 aliphatic carbocycles. The van der Waals surface area contributed by atoms with Crippen LogP contribution in [0.2, 0.25) is 0 Å². The van der Waals surface area contributed by atoms with E-state index in [-0.39, 0.29) is 0 Å². The molecule has 1 aromatic carbocycles. The fourth-order valence-electron chi connectivity index (χ4n) is 1.85. The number of likely N-dealkylation sites (N-methyl/N-ethyl adjacent to an activating group) is 2. The maximum atomic E-state index is 11.1. The van der Waals surface area contributed by atoms with Crippen LogP contribution in [0.4, 0.5) is 5.69 Å². The Hall–Kier alpha value is -2.28. The Labute approximate surface area is 108 Å². The SMILES string of the molecule is CNC(CN(C)c1ccc2oc(=O)[nH]c2c1)C(=O)O. The number of carbonyl (C=O) groups is 1. The number of hydrogen-bond acceptors (Lipinski definition) is 5. The van der Waals surface area contributed by atoms with Crippen LogP contribution in [-0.2, 0) is 4.79 Å². The number of carboxylic acid groups (broad SMARTS) is 1. The fraction of sp³-hybridized carbons (Fsp3) is 0.333. The molecule has 0 saturated carbocycles. The normalized spacial score (nSPS) is 12.5. The van der Waals surface area contributed by atoms with Crippen molar-refractivity contribution >= 4 is 22.8 Å². The van der Waals surface area contributed by atoms with Crippen molar-refractivity contribution in [2.24, 2.45) is 0 Å². The zero-order valence-electron chi connectivity index (χ0n) is 10.6. The van der Waals surface area contributed by atoms with Gasteiger partial charge in [0.15, 0.2) is 5.58 Å². The number of carboxylic acids is 1. The van der Waals surface area contributed by atoms with Crippen molar-refractivity contribution in [3.63, 3.8) is 0 Å². The first-order valence-electron chi connectivity index (χ1n) is 5.75. The van der Waals surface area contributed by atoms with Gasteiger partial charge in [-0.15, -0.1) is 0 Å². The summed E-state index contributed by atoms with van der Waals surface area (Å²) < 4.78 is 4.91. The number of aromatic amines is 1. The van der Waals surface area contributed by atoms with E-state index < -0.39 is 17.8 Å². The minimum absolute atomic E-state index is 0.305. The summed E-state index contributed by atoms with van der Waals surface area (Å²) in [4.78, 5) is 26.4. The third-order valence-electron chi connectivity index (χ3n) is 2.95. The molecule has 3 N–H and O–H groups in total. The number of aliphatic carboxylic acids is 1. The molecule has 0 amide bonds. The molecule has 2 aromatic rings. The zero-order chi connectivity index (χ0) is 14.0. The second-order valence-corrected chi connectivity index (χ2v) is 4.26. The molecule has 7 nitrogen and oxygen atoms in total. The number of H-pyrrole nitrogens is 1. The minimum atomic E-state index is -0.910. The molecule has 1 heterocycles.